The SMILES string of the molecule is CS(=O)(=O)C1CCCCNC1. The molecule has 1 N–H and O–H groups in total. The number of sulfone groups is 1. The Hall–Kier alpha value is -0.0900. The van der Waals surface area contributed by atoms with Gasteiger partial charge in [0.25, 0.3) is 0 Å². The van der Waals surface area contributed by atoms with E-state index in [0.717, 1.165) is 25.8 Å². The molecule has 1 heterocycles. The van der Waals surface area contributed by atoms with Crippen molar-refractivity contribution in [2.24, 2.45) is 0 Å². The first-order chi connectivity index (χ1) is 5.11. The molecule has 0 saturated carbocycles. The summed E-state index contributed by atoms with van der Waals surface area (Å²) in [5.41, 5.74) is 0. The van der Waals surface area contributed by atoms with Crippen LogP contribution in [0.15, 0.2) is 0 Å². The van der Waals surface area contributed by atoms with Gasteiger partial charge in [-0.05, 0) is 19.4 Å². The third-order valence-electron chi connectivity index (χ3n) is 2.11. The lowest BCUT2D eigenvalue weighted by Gasteiger charge is -2.10. The van der Waals surface area contributed by atoms with Crippen LogP contribution in [-0.4, -0.2) is 33.0 Å². The average molecular weight is 177 g/mol. The molecule has 1 atom stereocenters. The Labute approximate surface area is 68.1 Å². The first-order valence-corrected chi connectivity index (χ1v) is 5.96. The zero-order chi connectivity index (χ0) is 8.32. The molecular weight excluding hydrogens is 162 g/mol. The predicted molar refractivity (Wildman–Crippen MR) is 45.4 cm³/mol. The van der Waals surface area contributed by atoms with E-state index in [-0.39, 0.29) is 5.25 Å². The number of hydrogen-bond donors (Lipinski definition) is 1. The highest BCUT2D eigenvalue weighted by Gasteiger charge is 2.21. The zero-order valence-corrected chi connectivity index (χ0v) is 7.65. The van der Waals surface area contributed by atoms with Gasteiger partial charge < -0.3 is 5.32 Å². The van der Waals surface area contributed by atoms with Gasteiger partial charge in [0, 0.05) is 12.8 Å². The fourth-order valence-electron chi connectivity index (χ4n) is 1.35. The van der Waals surface area contributed by atoms with E-state index in [2.05, 4.69) is 5.32 Å². The van der Waals surface area contributed by atoms with Gasteiger partial charge in [-0.25, -0.2) is 8.42 Å². The summed E-state index contributed by atoms with van der Waals surface area (Å²) in [6, 6.07) is 0. The first kappa shape index (κ1) is 9.00. The summed E-state index contributed by atoms with van der Waals surface area (Å²) >= 11 is 0. The first-order valence-electron chi connectivity index (χ1n) is 4.00. The Morgan fingerprint density at radius 3 is 2.73 bits per heavy atom. The molecular formula is C7H15NO2S. The van der Waals surface area contributed by atoms with Gasteiger partial charge >= 0.3 is 0 Å². The van der Waals surface area contributed by atoms with Gasteiger partial charge in [-0.3, -0.25) is 0 Å². The van der Waals surface area contributed by atoms with Crippen LogP contribution < -0.4 is 5.32 Å². The lowest BCUT2D eigenvalue weighted by Crippen LogP contribution is -2.30. The molecule has 1 unspecified atom stereocenters. The van der Waals surface area contributed by atoms with E-state index in [9.17, 15) is 8.42 Å². The molecule has 0 aromatic heterocycles. The summed E-state index contributed by atoms with van der Waals surface area (Å²) in [5, 5.41) is 2.98. The van der Waals surface area contributed by atoms with E-state index in [0.29, 0.717) is 6.54 Å². The second-order valence-electron chi connectivity index (χ2n) is 3.15. The Morgan fingerprint density at radius 2 is 2.09 bits per heavy atom. The van der Waals surface area contributed by atoms with Gasteiger partial charge in [0.15, 0.2) is 9.84 Å². The van der Waals surface area contributed by atoms with Gasteiger partial charge in [-0.2, -0.15) is 0 Å². The van der Waals surface area contributed by atoms with E-state index < -0.39 is 9.84 Å². The topological polar surface area (TPSA) is 46.2 Å². The van der Waals surface area contributed by atoms with E-state index in [1.165, 1.54) is 6.26 Å². The molecule has 66 valence electrons. The lowest BCUT2D eigenvalue weighted by atomic mass is 10.2. The molecule has 0 aromatic rings. The molecule has 11 heavy (non-hydrogen) atoms. The van der Waals surface area contributed by atoms with Gasteiger partial charge in [-0.15, -0.1) is 0 Å². The minimum Gasteiger partial charge on any atom is -0.315 e. The van der Waals surface area contributed by atoms with Crippen molar-refractivity contribution >= 4 is 9.84 Å². The normalized spacial score (nSPS) is 27.9. The summed E-state index contributed by atoms with van der Waals surface area (Å²) in [6.45, 7) is 1.60. The summed E-state index contributed by atoms with van der Waals surface area (Å²) in [4.78, 5) is 0. The zero-order valence-electron chi connectivity index (χ0n) is 6.84. The molecule has 0 aromatic carbocycles. The molecule has 4 heteroatoms. The predicted octanol–water partition coefficient (Wildman–Crippen LogP) is 0.173. The quantitative estimate of drug-likeness (QED) is 0.621. The Bertz CT molecular complexity index is 202. The van der Waals surface area contributed by atoms with Crippen molar-refractivity contribution in [3.63, 3.8) is 0 Å². The molecule has 1 saturated heterocycles. The summed E-state index contributed by atoms with van der Waals surface area (Å²) in [7, 11) is -2.81. The Kier molecular flexibility index (Phi) is 2.90. The Morgan fingerprint density at radius 1 is 1.36 bits per heavy atom. The van der Waals surface area contributed by atoms with Gasteiger partial charge in [0.1, 0.15) is 0 Å². The Balaban J connectivity index is 2.57. The maximum absolute atomic E-state index is 11.1. The summed E-state index contributed by atoms with van der Waals surface area (Å²) in [5.74, 6) is 0. The van der Waals surface area contributed by atoms with Crippen molar-refractivity contribution < 1.29 is 8.42 Å². The summed E-state index contributed by atoms with van der Waals surface area (Å²) < 4.78 is 22.2. The van der Waals surface area contributed by atoms with Gasteiger partial charge in [0.05, 0.1) is 5.25 Å². The molecule has 3 nitrogen and oxygen atoms in total. The standard InChI is InChI=1S/C7H15NO2S/c1-11(9,10)7-4-2-3-5-8-6-7/h7-8H,2-6H2,1H3. The molecule has 1 fully saturated rings. The molecule has 1 aliphatic rings. The fraction of sp³-hybridized carbons (Fsp3) is 1.00. The number of hydrogen-bond acceptors (Lipinski definition) is 3. The monoisotopic (exact) mass is 177 g/mol. The molecule has 0 bridgehead atoms. The smallest absolute Gasteiger partial charge is 0.151 e. The van der Waals surface area contributed by atoms with Crippen molar-refractivity contribution in [2.75, 3.05) is 19.3 Å². The van der Waals surface area contributed by atoms with Crippen molar-refractivity contribution in [3.05, 3.63) is 0 Å². The lowest BCUT2D eigenvalue weighted by molar-refractivity contribution is 0.573. The van der Waals surface area contributed by atoms with Crippen LogP contribution in [0.1, 0.15) is 19.3 Å². The van der Waals surface area contributed by atoms with Gasteiger partial charge in [-0.1, -0.05) is 6.42 Å². The summed E-state index contributed by atoms with van der Waals surface area (Å²) in [6.07, 6.45) is 4.28. The van der Waals surface area contributed by atoms with Gasteiger partial charge in [0.2, 0.25) is 0 Å². The fourth-order valence-corrected chi connectivity index (χ4v) is 2.37. The molecule has 1 aliphatic heterocycles. The second-order valence-corrected chi connectivity index (χ2v) is 5.48. The minimum absolute atomic E-state index is 0.148. The third kappa shape index (κ3) is 2.79. The van der Waals surface area contributed by atoms with E-state index in [1.54, 1.807) is 0 Å². The van der Waals surface area contributed by atoms with E-state index in [1.807, 2.05) is 0 Å². The maximum atomic E-state index is 11.1. The van der Waals surface area contributed by atoms with E-state index in [4.69, 9.17) is 0 Å². The van der Waals surface area contributed by atoms with Crippen LogP contribution in [0.25, 0.3) is 0 Å². The van der Waals surface area contributed by atoms with Crippen LogP contribution in [0, 0.1) is 0 Å². The highest BCUT2D eigenvalue weighted by Crippen LogP contribution is 2.10. The van der Waals surface area contributed by atoms with Crippen molar-refractivity contribution in [1.29, 1.82) is 0 Å². The number of nitrogens with one attached hydrogen (secondary N) is 1. The van der Waals surface area contributed by atoms with Crippen LogP contribution in [0.5, 0.6) is 0 Å². The molecule has 0 aliphatic carbocycles. The highest BCUT2D eigenvalue weighted by molar-refractivity contribution is 7.91. The maximum Gasteiger partial charge on any atom is 0.151 e. The third-order valence-corrected chi connectivity index (χ3v) is 3.72. The molecule has 0 spiro atoms. The van der Waals surface area contributed by atoms with Crippen molar-refractivity contribution in [2.45, 2.75) is 24.5 Å². The average Bonchev–Trinajstić information content (AvgIpc) is 2.10. The molecule has 0 amide bonds. The minimum atomic E-state index is -2.81. The highest BCUT2D eigenvalue weighted by atomic mass is 32.2. The second kappa shape index (κ2) is 3.54. The molecule has 1 rings (SSSR count). The van der Waals surface area contributed by atoms with Crippen molar-refractivity contribution in [3.8, 4) is 0 Å². The molecule has 0 radical (unpaired) electrons. The van der Waals surface area contributed by atoms with Crippen molar-refractivity contribution in [1.82, 2.24) is 5.32 Å². The largest absolute Gasteiger partial charge is 0.315 e. The van der Waals surface area contributed by atoms with Crippen LogP contribution in [-0.2, 0) is 9.84 Å². The van der Waals surface area contributed by atoms with Crippen LogP contribution in [0.4, 0.5) is 0 Å². The van der Waals surface area contributed by atoms with Crippen LogP contribution in [0.2, 0.25) is 0 Å². The van der Waals surface area contributed by atoms with Crippen LogP contribution >= 0.6 is 0 Å². The van der Waals surface area contributed by atoms with Crippen LogP contribution in [0.3, 0.4) is 0 Å². The van der Waals surface area contributed by atoms with E-state index >= 15 is 0 Å². The number of rotatable bonds is 1.